The Hall–Kier alpha value is -1.16. The molecule has 0 bridgehead atoms. The van der Waals surface area contributed by atoms with Crippen LogP contribution in [-0.4, -0.2) is 35.6 Å². The Kier molecular flexibility index (Phi) is 4.93. The molecule has 2 atom stereocenters. The van der Waals surface area contributed by atoms with Gasteiger partial charge in [0.1, 0.15) is 0 Å². The van der Waals surface area contributed by atoms with E-state index in [0.29, 0.717) is 12.0 Å². The first-order valence-electron chi connectivity index (χ1n) is 7.06. The first kappa shape index (κ1) is 13.3. The molecule has 0 radical (unpaired) electrons. The highest BCUT2D eigenvalue weighted by molar-refractivity contribution is 5.29. The molecule has 0 amide bonds. The quantitative estimate of drug-likeness (QED) is 0.866. The molecule has 4 heteroatoms. The van der Waals surface area contributed by atoms with E-state index in [1.54, 1.807) is 0 Å². The first-order chi connectivity index (χ1) is 8.81. The van der Waals surface area contributed by atoms with Crippen molar-refractivity contribution >= 4 is 5.95 Å². The largest absolute Gasteiger partial charge is 0.340 e. The van der Waals surface area contributed by atoms with E-state index < -0.39 is 0 Å². The van der Waals surface area contributed by atoms with Crippen LogP contribution in [-0.2, 0) is 0 Å². The molecular weight excluding hydrogens is 224 g/mol. The van der Waals surface area contributed by atoms with Gasteiger partial charge < -0.3 is 10.2 Å². The number of rotatable bonds is 5. The van der Waals surface area contributed by atoms with Gasteiger partial charge in [-0.2, -0.15) is 0 Å². The van der Waals surface area contributed by atoms with E-state index in [9.17, 15) is 0 Å². The van der Waals surface area contributed by atoms with E-state index in [4.69, 9.17) is 0 Å². The summed E-state index contributed by atoms with van der Waals surface area (Å²) in [5, 5.41) is 3.61. The summed E-state index contributed by atoms with van der Waals surface area (Å²) in [6, 6.07) is 2.45. The second kappa shape index (κ2) is 6.69. The van der Waals surface area contributed by atoms with Crippen LogP contribution in [0.2, 0.25) is 0 Å². The molecule has 0 spiro atoms. The third kappa shape index (κ3) is 3.42. The van der Waals surface area contributed by atoms with Crippen molar-refractivity contribution in [1.82, 2.24) is 15.3 Å². The molecule has 1 saturated heterocycles. The Morgan fingerprint density at radius 3 is 2.94 bits per heavy atom. The van der Waals surface area contributed by atoms with E-state index >= 15 is 0 Å². The van der Waals surface area contributed by atoms with Gasteiger partial charge in [-0.3, -0.25) is 0 Å². The maximum Gasteiger partial charge on any atom is 0.225 e. The van der Waals surface area contributed by atoms with Gasteiger partial charge in [-0.15, -0.1) is 0 Å². The molecule has 0 aromatic carbocycles. The van der Waals surface area contributed by atoms with Gasteiger partial charge in [-0.1, -0.05) is 6.92 Å². The van der Waals surface area contributed by atoms with Gasteiger partial charge in [0, 0.05) is 31.5 Å². The maximum absolute atomic E-state index is 4.35. The average Bonchev–Trinajstić information content (AvgIpc) is 2.46. The van der Waals surface area contributed by atoms with Crippen LogP contribution in [0, 0.1) is 5.92 Å². The normalized spacial score (nSPS) is 21.9. The molecule has 2 rings (SSSR count). The summed E-state index contributed by atoms with van der Waals surface area (Å²) in [6.45, 7) is 7.78. The molecular formula is C14H24N4. The number of nitrogens with zero attached hydrogens (tertiary/aromatic N) is 3. The van der Waals surface area contributed by atoms with Gasteiger partial charge in [0.05, 0.1) is 0 Å². The number of anilines is 1. The number of hydrogen-bond acceptors (Lipinski definition) is 4. The van der Waals surface area contributed by atoms with Crippen molar-refractivity contribution in [2.75, 3.05) is 24.5 Å². The van der Waals surface area contributed by atoms with Gasteiger partial charge >= 0.3 is 0 Å². The fraction of sp³-hybridized carbons (Fsp3) is 0.714. The van der Waals surface area contributed by atoms with E-state index in [0.717, 1.165) is 25.6 Å². The number of hydrogen-bond donors (Lipinski definition) is 1. The Morgan fingerprint density at radius 2 is 2.22 bits per heavy atom. The Balaban J connectivity index is 1.92. The standard InChI is InChI=1S/C14H24N4/c1-3-7-15-12(2)13-6-4-10-18(11-13)14-16-8-5-9-17-14/h5,8-9,12-13,15H,3-4,6-7,10-11H2,1-2H3. The van der Waals surface area contributed by atoms with Crippen LogP contribution in [0.25, 0.3) is 0 Å². The van der Waals surface area contributed by atoms with Gasteiger partial charge in [-0.25, -0.2) is 9.97 Å². The lowest BCUT2D eigenvalue weighted by Gasteiger charge is -2.36. The van der Waals surface area contributed by atoms with Gasteiger partial charge in [-0.05, 0) is 44.7 Å². The van der Waals surface area contributed by atoms with Crippen LogP contribution in [0.1, 0.15) is 33.1 Å². The fourth-order valence-corrected chi connectivity index (χ4v) is 2.59. The lowest BCUT2D eigenvalue weighted by molar-refractivity contribution is 0.319. The lowest BCUT2D eigenvalue weighted by atomic mass is 9.91. The van der Waals surface area contributed by atoms with Gasteiger partial charge in [0.25, 0.3) is 0 Å². The van der Waals surface area contributed by atoms with E-state index in [-0.39, 0.29) is 0 Å². The van der Waals surface area contributed by atoms with Crippen molar-refractivity contribution in [3.63, 3.8) is 0 Å². The zero-order valence-electron chi connectivity index (χ0n) is 11.5. The number of aromatic nitrogens is 2. The smallest absolute Gasteiger partial charge is 0.225 e. The fourth-order valence-electron chi connectivity index (χ4n) is 2.59. The van der Waals surface area contributed by atoms with Crippen LogP contribution >= 0.6 is 0 Å². The molecule has 0 saturated carbocycles. The zero-order valence-corrected chi connectivity index (χ0v) is 11.5. The second-order valence-corrected chi connectivity index (χ2v) is 5.14. The van der Waals surface area contributed by atoms with E-state index in [1.807, 2.05) is 18.5 Å². The molecule has 1 aliphatic rings. The number of piperidine rings is 1. The molecule has 2 heterocycles. The zero-order chi connectivity index (χ0) is 12.8. The molecule has 18 heavy (non-hydrogen) atoms. The molecule has 1 aliphatic heterocycles. The molecule has 1 aromatic heterocycles. The summed E-state index contributed by atoms with van der Waals surface area (Å²) in [7, 11) is 0. The third-order valence-electron chi connectivity index (χ3n) is 3.72. The molecule has 100 valence electrons. The van der Waals surface area contributed by atoms with Crippen LogP contribution in [0.4, 0.5) is 5.95 Å². The Morgan fingerprint density at radius 1 is 1.44 bits per heavy atom. The second-order valence-electron chi connectivity index (χ2n) is 5.14. The van der Waals surface area contributed by atoms with Crippen LogP contribution < -0.4 is 10.2 Å². The summed E-state index contributed by atoms with van der Waals surface area (Å²) < 4.78 is 0. The van der Waals surface area contributed by atoms with Gasteiger partial charge in [0.15, 0.2) is 0 Å². The highest BCUT2D eigenvalue weighted by Crippen LogP contribution is 2.22. The summed E-state index contributed by atoms with van der Waals surface area (Å²) >= 11 is 0. The predicted molar refractivity (Wildman–Crippen MR) is 74.7 cm³/mol. The summed E-state index contributed by atoms with van der Waals surface area (Å²) in [6.07, 6.45) is 7.39. The minimum Gasteiger partial charge on any atom is -0.340 e. The molecule has 1 N–H and O–H groups in total. The molecule has 1 fully saturated rings. The van der Waals surface area contributed by atoms with Crippen molar-refractivity contribution in [2.45, 2.75) is 39.2 Å². The lowest BCUT2D eigenvalue weighted by Crippen LogP contribution is -2.45. The van der Waals surface area contributed by atoms with Crippen molar-refractivity contribution in [2.24, 2.45) is 5.92 Å². The maximum atomic E-state index is 4.35. The minimum absolute atomic E-state index is 0.580. The van der Waals surface area contributed by atoms with Crippen LogP contribution in [0.5, 0.6) is 0 Å². The van der Waals surface area contributed by atoms with Crippen LogP contribution in [0.15, 0.2) is 18.5 Å². The molecule has 2 unspecified atom stereocenters. The first-order valence-corrected chi connectivity index (χ1v) is 7.06. The Labute approximate surface area is 110 Å². The summed E-state index contributed by atoms with van der Waals surface area (Å²) in [5.74, 6) is 1.58. The topological polar surface area (TPSA) is 41.0 Å². The molecule has 0 aliphatic carbocycles. The highest BCUT2D eigenvalue weighted by atomic mass is 15.3. The van der Waals surface area contributed by atoms with E-state index in [1.165, 1.54) is 19.3 Å². The van der Waals surface area contributed by atoms with Crippen LogP contribution in [0.3, 0.4) is 0 Å². The monoisotopic (exact) mass is 248 g/mol. The number of nitrogens with one attached hydrogen (secondary N) is 1. The SMILES string of the molecule is CCCNC(C)C1CCCN(c2ncccn2)C1. The molecule has 1 aromatic rings. The van der Waals surface area contributed by atoms with E-state index in [2.05, 4.69) is 34.0 Å². The summed E-state index contributed by atoms with van der Waals surface area (Å²) in [5.41, 5.74) is 0. The molecule has 4 nitrogen and oxygen atoms in total. The Bertz CT molecular complexity index is 341. The average molecular weight is 248 g/mol. The van der Waals surface area contributed by atoms with Gasteiger partial charge in [0.2, 0.25) is 5.95 Å². The third-order valence-corrected chi connectivity index (χ3v) is 3.72. The summed E-state index contributed by atoms with van der Waals surface area (Å²) in [4.78, 5) is 11.0. The minimum atomic E-state index is 0.580. The highest BCUT2D eigenvalue weighted by Gasteiger charge is 2.25. The van der Waals surface area contributed by atoms with Crippen molar-refractivity contribution in [1.29, 1.82) is 0 Å². The van der Waals surface area contributed by atoms with Crippen molar-refractivity contribution < 1.29 is 0 Å². The van der Waals surface area contributed by atoms with Crippen molar-refractivity contribution in [3.8, 4) is 0 Å². The van der Waals surface area contributed by atoms with Crippen molar-refractivity contribution in [3.05, 3.63) is 18.5 Å². The predicted octanol–water partition coefficient (Wildman–Crippen LogP) is 2.08.